The fourth-order valence-electron chi connectivity index (χ4n) is 3.48. The van der Waals surface area contributed by atoms with Crippen molar-refractivity contribution < 1.29 is 28.3 Å². The van der Waals surface area contributed by atoms with Gasteiger partial charge in [-0.2, -0.15) is 0 Å². The average molecular weight is 491 g/mol. The van der Waals surface area contributed by atoms with E-state index in [1.54, 1.807) is 67.6 Å². The zero-order chi connectivity index (χ0) is 24.9. The normalized spacial score (nSPS) is 14.7. The summed E-state index contributed by atoms with van der Waals surface area (Å²) in [4.78, 5) is 38.9. The van der Waals surface area contributed by atoms with Crippen LogP contribution in [0.2, 0.25) is 0 Å². The quantitative estimate of drug-likeness (QED) is 0.228. The zero-order valence-corrected chi connectivity index (χ0v) is 19.9. The van der Waals surface area contributed by atoms with Crippen LogP contribution in [0.25, 0.3) is 17.4 Å². The third-order valence-electron chi connectivity index (χ3n) is 5.08. The molecule has 35 heavy (non-hydrogen) atoms. The van der Waals surface area contributed by atoms with Crippen molar-refractivity contribution in [3.63, 3.8) is 0 Å². The molecule has 1 saturated heterocycles. The van der Waals surface area contributed by atoms with Crippen LogP contribution in [0.1, 0.15) is 30.0 Å². The van der Waals surface area contributed by atoms with Gasteiger partial charge in [0.15, 0.2) is 5.11 Å². The smallest absolute Gasteiger partial charge is 0.338 e. The summed E-state index contributed by atoms with van der Waals surface area (Å²) in [6.07, 6.45) is 1.37. The summed E-state index contributed by atoms with van der Waals surface area (Å²) in [5.41, 5.74) is 1.49. The number of furan rings is 1. The molecule has 0 bridgehead atoms. The van der Waals surface area contributed by atoms with Crippen molar-refractivity contribution in [1.29, 1.82) is 0 Å². The van der Waals surface area contributed by atoms with Gasteiger partial charge in [0.1, 0.15) is 22.8 Å². The molecule has 1 aromatic heterocycles. The van der Waals surface area contributed by atoms with Gasteiger partial charge in [0, 0.05) is 11.6 Å². The molecule has 2 amide bonds. The Bertz CT molecular complexity index is 1330. The number of carbonyl (C=O) groups is 3. The summed E-state index contributed by atoms with van der Waals surface area (Å²) in [5.74, 6) is -0.206. The standard InChI is InChI=1S/C26H22N2O6S/c1-3-32-19-7-5-6-18(14-19)28-24(30)21(23(29)27-26(28)35)15-20-12-13-22(34-20)16-8-10-17(11-9-16)25(31)33-4-2/h5-15H,3-4H2,1-2H3,(H,27,29,35)/b21-15+. The summed E-state index contributed by atoms with van der Waals surface area (Å²) >= 11 is 5.25. The predicted octanol–water partition coefficient (Wildman–Crippen LogP) is 4.35. The van der Waals surface area contributed by atoms with Crippen LogP contribution in [0.3, 0.4) is 0 Å². The van der Waals surface area contributed by atoms with Crippen molar-refractivity contribution in [3.05, 3.63) is 77.6 Å². The van der Waals surface area contributed by atoms with Gasteiger partial charge in [0.2, 0.25) is 0 Å². The van der Waals surface area contributed by atoms with Crippen molar-refractivity contribution >= 4 is 46.9 Å². The first kappa shape index (κ1) is 23.9. The number of rotatable bonds is 7. The van der Waals surface area contributed by atoms with E-state index in [2.05, 4.69) is 5.32 Å². The molecule has 0 aliphatic carbocycles. The van der Waals surface area contributed by atoms with Gasteiger partial charge in [0.25, 0.3) is 11.8 Å². The topological polar surface area (TPSA) is 98.1 Å². The highest BCUT2D eigenvalue weighted by Gasteiger charge is 2.35. The molecule has 8 nitrogen and oxygen atoms in total. The summed E-state index contributed by atoms with van der Waals surface area (Å²) < 4.78 is 16.3. The Balaban J connectivity index is 1.59. The van der Waals surface area contributed by atoms with Crippen LogP contribution in [-0.4, -0.2) is 36.1 Å². The second kappa shape index (κ2) is 10.4. The Kier molecular flexibility index (Phi) is 7.07. The van der Waals surface area contributed by atoms with Gasteiger partial charge >= 0.3 is 5.97 Å². The van der Waals surface area contributed by atoms with E-state index >= 15 is 0 Å². The number of esters is 1. The largest absolute Gasteiger partial charge is 0.494 e. The lowest BCUT2D eigenvalue weighted by atomic mass is 10.1. The maximum absolute atomic E-state index is 13.2. The maximum Gasteiger partial charge on any atom is 0.338 e. The Morgan fingerprint density at radius 1 is 1.06 bits per heavy atom. The van der Waals surface area contributed by atoms with Crippen molar-refractivity contribution in [2.45, 2.75) is 13.8 Å². The van der Waals surface area contributed by atoms with Crippen molar-refractivity contribution in [3.8, 4) is 17.1 Å². The number of thiocarbonyl (C=S) groups is 1. The van der Waals surface area contributed by atoms with E-state index in [4.69, 9.17) is 26.1 Å². The number of nitrogens with zero attached hydrogens (tertiary/aromatic N) is 1. The number of hydrogen-bond acceptors (Lipinski definition) is 7. The lowest BCUT2D eigenvalue weighted by Crippen LogP contribution is -2.54. The van der Waals surface area contributed by atoms with Crippen LogP contribution >= 0.6 is 12.2 Å². The van der Waals surface area contributed by atoms with Gasteiger partial charge in [-0.05, 0) is 68.5 Å². The third kappa shape index (κ3) is 5.15. The fraction of sp³-hybridized carbons (Fsp3) is 0.154. The molecule has 9 heteroatoms. The minimum atomic E-state index is -0.617. The fourth-order valence-corrected chi connectivity index (χ4v) is 3.76. The van der Waals surface area contributed by atoms with Crippen molar-refractivity contribution in [2.24, 2.45) is 0 Å². The number of anilines is 1. The van der Waals surface area contributed by atoms with Gasteiger partial charge in [-0.3, -0.25) is 19.8 Å². The number of carbonyl (C=O) groups excluding carboxylic acids is 3. The SMILES string of the molecule is CCOC(=O)c1ccc(-c2ccc(/C=C3\C(=O)NC(=S)N(c4cccc(OCC)c4)C3=O)o2)cc1. The molecule has 0 spiro atoms. The highest BCUT2D eigenvalue weighted by atomic mass is 32.1. The summed E-state index contributed by atoms with van der Waals surface area (Å²) in [7, 11) is 0. The molecule has 1 aliphatic heterocycles. The van der Waals surface area contributed by atoms with Gasteiger partial charge in [0.05, 0.1) is 24.5 Å². The minimum absolute atomic E-state index is 0.0207. The molecule has 1 N–H and O–H groups in total. The molecule has 0 radical (unpaired) electrons. The molecule has 178 valence electrons. The van der Waals surface area contributed by atoms with Crippen LogP contribution < -0.4 is 15.0 Å². The Morgan fingerprint density at radius 3 is 2.54 bits per heavy atom. The van der Waals surface area contributed by atoms with Gasteiger partial charge in [-0.15, -0.1) is 0 Å². The average Bonchev–Trinajstić information content (AvgIpc) is 3.31. The molecule has 0 atom stereocenters. The number of benzene rings is 2. The zero-order valence-electron chi connectivity index (χ0n) is 19.1. The second-order valence-corrected chi connectivity index (χ2v) is 7.77. The van der Waals surface area contributed by atoms with E-state index in [9.17, 15) is 14.4 Å². The number of amides is 2. The molecule has 3 aromatic rings. The molecule has 0 unspecified atom stereocenters. The number of hydrogen-bond donors (Lipinski definition) is 1. The van der Waals surface area contributed by atoms with Crippen LogP contribution in [0.5, 0.6) is 5.75 Å². The first-order chi connectivity index (χ1) is 16.9. The van der Waals surface area contributed by atoms with E-state index in [1.807, 2.05) is 6.92 Å². The first-order valence-electron chi connectivity index (χ1n) is 10.9. The van der Waals surface area contributed by atoms with Crippen molar-refractivity contribution in [2.75, 3.05) is 18.1 Å². The van der Waals surface area contributed by atoms with Crippen LogP contribution in [0.4, 0.5) is 5.69 Å². The second-order valence-electron chi connectivity index (χ2n) is 7.39. The lowest BCUT2D eigenvalue weighted by Gasteiger charge is -2.29. The first-order valence-corrected chi connectivity index (χ1v) is 11.3. The van der Waals surface area contributed by atoms with Crippen molar-refractivity contribution in [1.82, 2.24) is 5.32 Å². The summed E-state index contributed by atoms with van der Waals surface area (Å²) in [5, 5.41) is 2.53. The Hall–Kier alpha value is -4.24. The van der Waals surface area contributed by atoms with E-state index in [0.717, 1.165) is 5.56 Å². The summed E-state index contributed by atoms with van der Waals surface area (Å²) in [6, 6.07) is 17.0. The van der Waals surface area contributed by atoms with Gasteiger partial charge < -0.3 is 13.9 Å². The Labute approximate surface area is 207 Å². The van der Waals surface area contributed by atoms with Crippen LogP contribution in [0, 0.1) is 0 Å². The van der Waals surface area contributed by atoms with E-state index in [1.165, 1.54) is 11.0 Å². The van der Waals surface area contributed by atoms with E-state index < -0.39 is 17.8 Å². The molecule has 2 heterocycles. The predicted molar refractivity (Wildman–Crippen MR) is 134 cm³/mol. The number of nitrogens with one attached hydrogen (secondary N) is 1. The highest BCUT2D eigenvalue weighted by molar-refractivity contribution is 7.80. The van der Waals surface area contributed by atoms with Crippen LogP contribution in [0.15, 0.2) is 70.7 Å². The molecule has 0 saturated carbocycles. The van der Waals surface area contributed by atoms with Crippen LogP contribution in [-0.2, 0) is 14.3 Å². The lowest BCUT2D eigenvalue weighted by molar-refractivity contribution is -0.122. The molecule has 1 aliphatic rings. The molecular formula is C26H22N2O6S. The molecule has 1 fully saturated rings. The van der Waals surface area contributed by atoms with E-state index in [-0.39, 0.29) is 10.7 Å². The van der Waals surface area contributed by atoms with E-state index in [0.29, 0.717) is 41.7 Å². The number of ether oxygens (including phenoxy) is 2. The van der Waals surface area contributed by atoms with Gasteiger partial charge in [-0.25, -0.2) is 4.79 Å². The molecule has 2 aromatic carbocycles. The molecule has 4 rings (SSSR count). The minimum Gasteiger partial charge on any atom is -0.494 e. The molecular weight excluding hydrogens is 468 g/mol. The third-order valence-corrected chi connectivity index (χ3v) is 5.37. The summed E-state index contributed by atoms with van der Waals surface area (Å²) in [6.45, 7) is 4.36. The monoisotopic (exact) mass is 490 g/mol. The highest BCUT2D eigenvalue weighted by Crippen LogP contribution is 2.28. The Morgan fingerprint density at radius 2 is 1.83 bits per heavy atom. The maximum atomic E-state index is 13.2. The van der Waals surface area contributed by atoms with Gasteiger partial charge in [-0.1, -0.05) is 18.2 Å².